The van der Waals surface area contributed by atoms with Crippen molar-refractivity contribution in [2.45, 2.75) is 6.17 Å². The van der Waals surface area contributed by atoms with E-state index in [1.54, 1.807) is 0 Å². The highest BCUT2D eigenvalue weighted by atomic mass is 16.5. The maximum absolute atomic E-state index is 5.49. The van der Waals surface area contributed by atoms with Gasteiger partial charge in [0.1, 0.15) is 6.17 Å². The number of ether oxygens (including phenoxy) is 1. The number of aromatic nitrogens is 2. The lowest BCUT2D eigenvalue weighted by Crippen LogP contribution is -2.58. The summed E-state index contributed by atoms with van der Waals surface area (Å²) in [4.78, 5) is 19.2. The Labute approximate surface area is 200 Å². The van der Waals surface area contributed by atoms with Gasteiger partial charge in [-0.25, -0.2) is 9.98 Å². The first-order valence-corrected chi connectivity index (χ1v) is 12.0. The molecule has 0 bridgehead atoms. The Morgan fingerprint density at radius 2 is 1.76 bits per heavy atom. The van der Waals surface area contributed by atoms with Gasteiger partial charge in [0, 0.05) is 46.0 Å². The molecule has 1 saturated heterocycles. The Morgan fingerprint density at radius 1 is 1.00 bits per heavy atom. The quantitative estimate of drug-likeness (QED) is 0.625. The molecule has 6 rings (SSSR count). The van der Waals surface area contributed by atoms with Crippen molar-refractivity contribution in [1.82, 2.24) is 24.7 Å². The summed E-state index contributed by atoms with van der Waals surface area (Å²) in [5, 5.41) is 3.71. The molecule has 0 aliphatic carbocycles. The highest BCUT2D eigenvalue weighted by Crippen LogP contribution is 2.34. The van der Waals surface area contributed by atoms with Crippen molar-refractivity contribution in [2.75, 3.05) is 76.6 Å². The van der Waals surface area contributed by atoms with E-state index in [2.05, 4.69) is 92.1 Å². The molecule has 0 amide bonds. The van der Waals surface area contributed by atoms with Gasteiger partial charge >= 0.3 is 0 Å². The lowest BCUT2D eigenvalue weighted by molar-refractivity contribution is 0.0334. The van der Waals surface area contributed by atoms with E-state index >= 15 is 0 Å². The van der Waals surface area contributed by atoms with Gasteiger partial charge in [-0.15, -0.1) is 0 Å². The molecule has 2 aromatic carbocycles. The number of para-hydroxylation sites is 2. The van der Waals surface area contributed by atoms with Gasteiger partial charge in [0.05, 0.1) is 37.6 Å². The third-order valence-corrected chi connectivity index (χ3v) is 6.92. The fourth-order valence-electron chi connectivity index (χ4n) is 4.95. The second kappa shape index (κ2) is 8.90. The van der Waals surface area contributed by atoms with Crippen LogP contribution in [0.2, 0.25) is 0 Å². The summed E-state index contributed by atoms with van der Waals surface area (Å²) in [5.74, 6) is 1.84. The lowest BCUT2D eigenvalue weighted by Gasteiger charge is -2.42. The summed E-state index contributed by atoms with van der Waals surface area (Å²) < 4.78 is 7.80. The number of hydrogen-bond acceptors (Lipinski definition) is 8. The average molecular weight is 461 g/mol. The highest BCUT2D eigenvalue weighted by Gasteiger charge is 2.35. The van der Waals surface area contributed by atoms with Crippen LogP contribution in [0.5, 0.6) is 0 Å². The number of benzene rings is 2. The van der Waals surface area contributed by atoms with E-state index in [0.717, 1.165) is 69.0 Å². The molecule has 4 heterocycles. The number of guanidine groups is 1. The van der Waals surface area contributed by atoms with Crippen LogP contribution in [-0.4, -0.2) is 92.1 Å². The molecule has 3 aliphatic heterocycles. The number of imidazole rings is 1. The maximum atomic E-state index is 5.49. The minimum absolute atomic E-state index is 0.0616. The van der Waals surface area contributed by atoms with Crippen LogP contribution in [0.3, 0.4) is 0 Å². The predicted molar refractivity (Wildman–Crippen MR) is 135 cm³/mol. The zero-order valence-corrected chi connectivity index (χ0v) is 19.9. The van der Waals surface area contributed by atoms with E-state index < -0.39 is 0 Å². The molecular weight excluding hydrogens is 428 g/mol. The zero-order chi connectivity index (χ0) is 23.1. The first-order valence-electron chi connectivity index (χ1n) is 12.0. The van der Waals surface area contributed by atoms with Gasteiger partial charge in [0.25, 0.3) is 0 Å². The Bertz CT molecular complexity index is 1180. The van der Waals surface area contributed by atoms with Crippen molar-refractivity contribution < 1.29 is 4.74 Å². The van der Waals surface area contributed by atoms with Crippen molar-refractivity contribution in [3.63, 3.8) is 0 Å². The zero-order valence-electron chi connectivity index (χ0n) is 19.9. The first-order chi connectivity index (χ1) is 16.7. The number of aliphatic imine (C=N–C) groups is 1. The molecule has 1 fully saturated rings. The monoisotopic (exact) mass is 460 g/mol. The van der Waals surface area contributed by atoms with E-state index in [1.165, 1.54) is 11.3 Å². The molecule has 178 valence electrons. The predicted octanol–water partition coefficient (Wildman–Crippen LogP) is 1.98. The van der Waals surface area contributed by atoms with Gasteiger partial charge in [0.15, 0.2) is 0 Å². The van der Waals surface area contributed by atoms with Gasteiger partial charge < -0.3 is 15.0 Å². The van der Waals surface area contributed by atoms with Crippen molar-refractivity contribution in [2.24, 2.45) is 4.99 Å². The van der Waals surface area contributed by atoms with Gasteiger partial charge in [-0.1, -0.05) is 24.3 Å². The summed E-state index contributed by atoms with van der Waals surface area (Å²) in [6, 6.07) is 17.1. The van der Waals surface area contributed by atoms with E-state index in [0.29, 0.717) is 6.67 Å². The third-order valence-electron chi connectivity index (χ3n) is 6.92. The second-order valence-corrected chi connectivity index (χ2v) is 9.34. The van der Waals surface area contributed by atoms with Crippen LogP contribution in [0.4, 0.5) is 11.6 Å². The smallest absolute Gasteiger partial charge is 0.216 e. The van der Waals surface area contributed by atoms with E-state index in [-0.39, 0.29) is 6.17 Å². The SMILES string of the molecule is CN(C)c1ccc([C@H]2NC3=NCN(CCN4CCOCC4)CN3c3nc4ccccc4n32)cc1. The molecule has 9 nitrogen and oxygen atoms in total. The Balaban J connectivity index is 1.31. The molecule has 0 saturated carbocycles. The van der Waals surface area contributed by atoms with Crippen molar-refractivity contribution in [3.05, 3.63) is 54.1 Å². The van der Waals surface area contributed by atoms with Crippen LogP contribution in [0, 0.1) is 0 Å². The molecule has 1 N–H and O–H groups in total. The van der Waals surface area contributed by atoms with Crippen LogP contribution in [0.15, 0.2) is 53.5 Å². The van der Waals surface area contributed by atoms with Crippen LogP contribution in [-0.2, 0) is 4.74 Å². The molecule has 0 spiro atoms. The second-order valence-electron chi connectivity index (χ2n) is 9.34. The van der Waals surface area contributed by atoms with Crippen LogP contribution >= 0.6 is 0 Å². The van der Waals surface area contributed by atoms with Crippen LogP contribution < -0.4 is 15.1 Å². The van der Waals surface area contributed by atoms with E-state index in [9.17, 15) is 0 Å². The van der Waals surface area contributed by atoms with E-state index in [4.69, 9.17) is 14.7 Å². The average Bonchev–Trinajstić information content (AvgIpc) is 3.28. The lowest BCUT2D eigenvalue weighted by atomic mass is 10.1. The van der Waals surface area contributed by atoms with Gasteiger partial charge in [0.2, 0.25) is 11.9 Å². The molecule has 0 unspecified atom stereocenters. The number of nitrogens with zero attached hydrogens (tertiary/aromatic N) is 7. The molecule has 34 heavy (non-hydrogen) atoms. The highest BCUT2D eigenvalue weighted by molar-refractivity contribution is 5.98. The molecular formula is C25H32N8O. The summed E-state index contributed by atoms with van der Waals surface area (Å²) in [5.41, 5.74) is 4.49. The largest absolute Gasteiger partial charge is 0.379 e. The summed E-state index contributed by atoms with van der Waals surface area (Å²) in [7, 11) is 4.13. The molecule has 1 atom stereocenters. The summed E-state index contributed by atoms with van der Waals surface area (Å²) in [6.45, 7) is 7.16. The number of hydrogen-bond donors (Lipinski definition) is 1. The number of fused-ring (bicyclic) bond motifs is 5. The summed E-state index contributed by atoms with van der Waals surface area (Å²) in [6.07, 6.45) is -0.0616. The van der Waals surface area contributed by atoms with Crippen molar-refractivity contribution in [3.8, 4) is 0 Å². The minimum Gasteiger partial charge on any atom is -0.379 e. The van der Waals surface area contributed by atoms with Crippen molar-refractivity contribution in [1.29, 1.82) is 0 Å². The molecule has 3 aromatic rings. The molecule has 0 radical (unpaired) electrons. The van der Waals surface area contributed by atoms with Crippen LogP contribution in [0.25, 0.3) is 11.0 Å². The number of anilines is 2. The molecule has 3 aliphatic rings. The fraction of sp³-hybridized carbons (Fsp3) is 0.440. The molecule has 1 aromatic heterocycles. The Morgan fingerprint density at radius 3 is 2.56 bits per heavy atom. The van der Waals surface area contributed by atoms with E-state index in [1.807, 2.05) is 0 Å². The number of morpholine rings is 1. The Kier molecular flexibility index (Phi) is 5.60. The number of nitrogens with one attached hydrogen (secondary N) is 1. The fourth-order valence-corrected chi connectivity index (χ4v) is 4.95. The normalized spacial score (nSPS) is 21.1. The van der Waals surface area contributed by atoms with Gasteiger partial charge in [-0.2, -0.15) is 0 Å². The first kappa shape index (κ1) is 21.4. The summed E-state index contributed by atoms with van der Waals surface area (Å²) >= 11 is 0. The van der Waals surface area contributed by atoms with Gasteiger partial charge in [-0.05, 0) is 29.8 Å². The third kappa shape index (κ3) is 3.89. The van der Waals surface area contributed by atoms with Gasteiger partial charge in [-0.3, -0.25) is 19.3 Å². The topological polar surface area (TPSA) is 64.4 Å². The number of rotatable bonds is 5. The van der Waals surface area contributed by atoms with Crippen molar-refractivity contribution >= 4 is 28.6 Å². The maximum Gasteiger partial charge on any atom is 0.216 e. The van der Waals surface area contributed by atoms with Crippen LogP contribution in [0.1, 0.15) is 11.7 Å². The standard InChI is InChI=1S/C25H32N8O/c1-29(2)20-9-7-19(8-10-20)23-28-24-26-17-31(12-11-30-13-15-34-16-14-30)18-32(24)25-27-21-5-3-4-6-22(21)33(23)25/h3-10,23H,11-18H2,1-2H3,(H,26,28)/t23-/m0/s1. The minimum atomic E-state index is -0.0616. The Hall–Kier alpha value is -3.14. The molecule has 9 heteroatoms.